The smallest absolute Gasteiger partial charge is 0.0698 e. The molecule has 17 heavy (non-hydrogen) atoms. The molecule has 3 nitrogen and oxygen atoms in total. The second kappa shape index (κ2) is 6.72. The molecule has 1 saturated heterocycles. The average molecular weight is 240 g/mol. The van der Waals surface area contributed by atoms with Crippen molar-refractivity contribution in [1.82, 2.24) is 4.90 Å². The lowest BCUT2D eigenvalue weighted by atomic mass is 9.79. The van der Waals surface area contributed by atoms with Crippen molar-refractivity contribution in [3.8, 4) is 0 Å². The zero-order valence-electron chi connectivity index (χ0n) is 11.2. The van der Waals surface area contributed by atoms with Gasteiger partial charge in [0.2, 0.25) is 0 Å². The molecule has 3 heteroatoms. The molecular weight excluding hydrogens is 212 g/mol. The number of piperidine rings is 1. The van der Waals surface area contributed by atoms with Gasteiger partial charge in [-0.05, 0) is 50.6 Å². The van der Waals surface area contributed by atoms with Gasteiger partial charge in [0.05, 0.1) is 6.10 Å². The molecule has 3 unspecified atom stereocenters. The minimum absolute atomic E-state index is 0.462. The summed E-state index contributed by atoms with van der Waals surface area (Å²) in [6, 6.07) is 0. The first-order chi connectivity index (χ1) is 8.33. The van der Waals surface area contributed by atoms with Crippen molar-refractivity contribution in [1.29, 1.82) is 0 Å². The van der Waals surface area contributed by atoms with E-state index in [2.05, 4.69) is 4.90 Å². The minimum atomic E-state index is 0.462. The van der Waals surface area contributed by atoms with Gasteiger partial charge in [0.25, 0.3) is 0 Å². The fraction of sp³-hybridized carbons (Fsp3) is 1.00. The van der Waals surface area contributed by atoms with E-state index in [-0.39, 0.29) is 0 Å². The highest BCUT2D eigenvalue weighted by atomic mass is 16.5. The fourth-order valence-electron chi connectivity index (χ4n) is 3.54. The van der Waals surface area contributed by atoms with Crippen molar-refractivity contribution in [2.45, 2.75) is 44.6 Å². The summed E-state index contributed by atoms with van der Waals surface area (Å²) in [6.07, 6.45) is 8.51. The molecule has 0 aromatic carbocycles. The van der Waals surface area contributed by atoms with E-state index in [1.165, 1.54) is 51.6 Å². The quantitative estimate of drug-likeness (QED) is 0.815. The molecule has 0 aromatic heterocycles. The number of hydrogen-bond donors (Lipinski definition) is 1. The number of hydrogen-bond acceptors (Lipinski definition) is 3. The van der Waals surface area contributed by atoms with Crippen molar-refractivity contribution >= 4 is 0 Å². The van der Waals surface area contributed by atoms with Crippen LogP contribution < -0.4 is 5.73 Å². The Balaban J connectivity index is 1.81. The van der Waals surface area contributed by atoms with Crippen LogP contribution in [0.3, 0.4) is 0 Å². The first-order valence-corrected chi connectivity index (χ1v) is 7.28. The molecule has 0 bridgehead atoms. The van der Waals surface area contributed by atoms with Gasteiger partial charge in [0, 0.05) is 20.2 Å². The van der Waals surface area contributed by atoms with Crippen LogP contribution in [0, 0.1) is 11.8 Å². The van der Waals surface area contributed by atoms with Crippen LogP contribution in [0.2, 0.25) is 0 Å². The summed E-state index contributed by atoms with van der Waals surface area (Å²) >= 11 is 0. The first kappa shape index (κ1) is 13.3. The summed E-state index contributed by atoms with van der Waals surface area (Å²) in [4.78, 5) is 2.61. The molecule has 0 radical (unpaired) electrons. The Hall–Kier alpha value is -0.120. The van der Waals surface area contributed by atoms with Crippen molar-refractivity contribution in [3.05, 3.63) is 0 Å². The Labute approximate surface area is 106 Å². The van der Waals surface area contributed by atoms with Gasteiger partial charge in [0.1, 0.15) is 0 Å². The Morgan fingerprint density at radius 2 is 1.88 bits per heavy atom. The van der Waals surface area contributed by atoms with Crippen LogP contribution >= 0.6 is 0 Å². The van der Waals surface area contributed by atoms with Gasteiger partial charge >= 0.3 is 0 Å². The maximum atomic E-state index is 5.91. The van der Waals surface area contributed by atoms with Crippen molar-refractivity contribution < 1.29 is 4.74 Å². The maximum absolute atomic E-state index is 5.91. The molecule has 2 fully saturated rings. The number of rotatable bonds is 4. The predicted molar refractivity (Wildman–Crippen MR) is 71.0 cm³/mol. The molecule has 1 aliphatic carbocycles. The second-order valence-electron chi connectivity index (χ2n) is 5.80. The third-order valence-corrected chi connectivity index (χ3v) is 4.66. The molecule has 3 atom stereocenters. The van der Waals surface area contributed by atoms with E-state index in [9.17, 15) is 0 Å². The summed E-state index contributed by atoms with van der Waals surface area (Å²) in [7, 11) is 1.84. The average Bonchev–Trinajstić information content (AvgIpc) is 2.39. The van der Waals surface area contributed by atoms with Crippen LogP contribution in [0.4, 0.5) is 0 Å². The minimum Gasteiger partial charge on any atom is -0.380 e. The molecule has 1 saturated carbocycles. The fourth-order valence-corrected chi connectivity index (χ4v) is 3.54. The van der Waals surface area contributed by atoms with E-state index < -0.39 is 0 Å². The zero-order valence-corrected chi connectivity index (χ0v) is 11.2. The van der Waals surface area contributed by atoms with Gasteiger partial charge in [-0.2, -0.15) is 0 Å². The van der Waals surface area contributed by atoms with E-state index in [1.807, 2.05) is 7.11 Å². The van der Waals surface area contributed by atoms with Gasteiger partial charge in [-0.25, -0.2) is 0 Å². The number of nitrogens with zero attached hydrogens (tertiary/aromatic N) is 1. The summed E-state index contributed by atoms with van der Waals surface area (Å²) in [5.41, 5.74) is 5.91. The molecule has 2 N–H and O–H groups in total. The number of ether oxygens (including phenoxy) is 1. The highest BCUT2D eigenvalue weighted by Gasteiger charge is 2.28. The van der Waals surface area contributed by atoms with Gasteiger partial charge < -0.3 is 15.4 Å². The van der Waals surface area contributed by atoms with Crippen LogP contribution in [-0.4, -0.2) is 44.3 Å². The van der Waals surface area contributed by atoms with E-state index in [0.717, 1.165) is 24.9 Å². The van der Waals surface area contributed by atoms with Crippen molar-refractivity contribution in [2.24, 2.45) is 17.6 Å². The second-order valence-corrected chi connectivity index (χ2v) is 5.80. The van der Waals surface area contributed by atoms with Gasteiger partial charge in [-0.1, -0.05) is 12.8 Å². The summed E-state index contributed by atoms with van der Waals surface area (Å²) in [6.45, 7) is 4.52. The largest absolute Gasteiger partial charge is 0.380 e. The van der Waals surface area contributed by atoms with E-state index in [1.54, 1.807) is 0 Å². The lowest BCUT2D eigenvalue weighted by Crippen LogP contribution is -2.44. The van der Waals surface area contributed by atoms with Gasteiger partial charge in [-0.3, -0.25) is 0 Å². The number of nitrogens with two attached hydrogens (primary N) is 1. The Kier molecular flexibility index (Phi) is 5.26. The number of methoxy groups -OCH3 is 1. The van der Waals surface area contributed by atoms with Crippen molar-refractivity contribution in [3.63, 3.8) is 0 Å². The standard InChI is InChI=1S/C14H28N2O/c1-17-14-7-4-8-16(11-14)10-13-6-3-2-5-12(13)9-15/h12-14H,2-11,15H2,1H3. The highest BCUT2D eigenvalue weighted by molar-refractivity contribution is 4.81. The normalized spacial score (nSPS) is 36.0. The topological polar surface area (TPSA) is 38.5 Å². The van der Waals surface area contributed by atoms with Crippen LogP contribution in [0.25, 0.3) is 0 Å². The first-order valence-electron chi connectivity index (χ1n) is 7.28. The van der Waals surface area contributed by atoms with Crippen molar-refractivity contribution in [2.75, 3.05) is 33.3 Å². The Morgan fingerprint density at radius 1 is 1.12 bits per heavy atom. The van der Waals surface area contributed by atoms with Crippen LogP contribution in [0.5, 0.6) is 0 Å². The van der Waals surface area contributed by atoms with Gasteiger partial charge in [-0.15, -0.1) is 0 Å². The summed E-state index contributed by atoms with van der Waals surface area (Å²) < 4.78 is 5.50. The monoisotopic (exact) mass is 240 g/mol. The third-order valence-electron chi connectivity index (χ3n) is 4.66. The van der Waals surface area contributed by atoms with Crippen LogP contribution in [0.1, 0.15) is 38.5 Å². The third kappa shape index (κ3) is 3.67. The Morgan fingerprint density at radius 3 is 2.59 bits per heavy atom. The van der Waals surface area contributed by atoms with Gasteiger partial charge in [0.15, 0.2) is 0 Å². The summed E-state index contributed by atoms with van der Waals surface area (Å²) in [5.74, 6) is 1.61. The maximum Gasteiger partial charge on any atom is 0.0698 e. The molecule has 2 aliphatic rings. The molecule has 1 heterocycles. The van der Waals surface area contributed by atoms with Crippen LogP contribution in [-0.2, 0) is 4.74 Å². The molecular formula is C14H28N2O. The number of likely N-dealkylation sites (tertiary alicyclic amines) is 1. The molecule has 0 aromatic rings. The zero-order chi connectivity index (χ0) is 12.1. The Bertz CT molecular complexity index is 222. The van der Waals surface area contributed by atoms with Crippen LogP contribution in [0.15, 0.2) is 0 Å². The molecule has 2 rings (SSSR count). The lowest BCUT2D eigenvalue weighted by Gasteiger charge is -2.38. The SMILES string of the molecule is COC1CCCN(CC2CCCCC2CN)C1. The lowest BCUT2D eigenvalue weighted by molar-refractivity contribution is 0.0190. The van der Waals surface area contributed by atoms with E-state index in [4.69, 9.17) is 10.5 Å². The predicted octanol–water partition coefficient (Wildman–Crippen LogP) is 1.86. The summed E-state index contributed by atoms with van der Waals surface area (Å²) in [5, 5.41) is 0. The molecule has 100 valence electrons. The molecule has 0 amide bonds. The highest BCUT2D eigenvalue weighted by Crippen LogP contribution is 2.30. The van der Waals surface area contributed by atoms with E-state index in [0.29, 0.717) is 6.10 Å². The molecule has 0 spiro atoms. The molecule has 1 aliphatic heterocycles. The van der Waals surface area contributed by atoms with E-state index >= 15 is 0 Å².